The van der Waals surface area contributed by atoms with E-state index in [9.17, 15) is 9.59 Å². The third-order valence-corrected chi connectivity index (χ3v) is 1.35. The molecule has 2 amide bonds. The third-order valence-electron chi connectivity index (χ3n) is 1.35. The maximum atomic E-state index is 10.9. The largest absolute Gasteiger partial charge is 0.351 e. The van der Waals surface area contributed by atoms with E-state index in [1.807, 2.05) is 0 Å². The molecule has 0 unspecified atom stereocenters. The molecule has 0 saturated carbocycles. The predicted molar refractivity (Wildman–Crippen MR) is 44.9 cm³/mol. The molecular formula is C7H9N3O2. The van der Waals surface area contributed by atoms with Crippen LogP contribution in [0.15, 0.2) is 23.1 Å². The van der Waals surface area contributed by atoms with E-state index in [-0.39, 0.29) is 5.56 Å². The lowest BCUT2D eigenvalue weighted by Crippen LogP contribution is -2.21. The van der Waals surface area contributed by atoms with E-state index in [4.69, 9.17) is 5.73 Å². The van der Waals surface area contributed by atoms with Crippen molar-refractivity contribution < 1.29 is 4.79 Å². The summed E-state index contributed by atoms with van der Waals surface area (Å²) < 4.78 is 1.35. The molecule has 5 nitrogen and oxygen atoms in total. The van der Waals surface area contributed by atoms with Crippen LogP contribution < -0.4 is 16.6 Å². The van der Waals surface area contributed by atoms with Crippen molar-refractivity contribution >= 4 is 11.7 Å². The molecule has 1 heterocycles. The zero-order valence-corrected chi connectivity index (χ0v) is 6.57. The number of carbonyl (C=O) groups is 1. The van der Waals surface area contributed by atoms with Crippen molar-refractivity contribution in [2.24, 2.45) is 12.8 Å². The zero-order chi connectivity index (χ0) is 9.14. The van der Waals surface area contributed by atoms with E-state index in [1.54, 1.807) is 7.05 Å². The van der Waals surface area contributed by atoms with Crippen LogP contribution in [0.2, 0.25) is 0 Å². The van der Waals surface area contributed by atoms with Crippen LogP contribution in [-0.2, 0) is 7.05 Å². The number of primary amides is 1. The Balaban J connectivity index is 2.97. The Hall–Kier alpha value is -1.78. The summed E-state index contributed by atoms with van der Waals surface area (Å²) in [5.41, 5.74) is 5.25. The van der Waals surface area contributed by atoms with Gasteiger partial charge in [0, 0.05) is 19.3 Å². The number of aryl methyl sites for hydroxylation is 1. The number of nitrogens with zero attached hydrogens (tertiary/aromatic N) is 1. The molecule has 0 fully saturated rings. The van der Waals surface area contributed by atoms with Gasteiger partial charge in [-0.2, -0.15) is 0 Å². The first-order valence-corrected chi connectivity index (χ1v) is 3.33. The van der Waals surface area contributed by atoms with Gasteiger partial charge in [0.05, 0.1) is 5.69 Å². The number of aromatic nitrogens is 1. The normalized spacial score (nSPS) is 9.42. The number of urea groups is 1. The highest BCUT2D eigenvalue weighted by Crippen LogP contribution is 2.00. The van der Waals surface area contributed by atoms with Crippen LogP contribution in [-0.4, -0.2) is 10.6 Å². The standard InChI is InChI=1S/C7H9N3O2/c1-10-4-5(9-7(8)12)2-3-6(10)11/h2-4H,1H3,(H3,8,9,12). The van der Waals surface area contributed by atoms with Crippen LogP contribution in [0, 0.1) is 0 Å². The summed E-state index contributed by atoms with van der Waals surface area (Å²) in [6.45, 7) is 0. The van der Waals surface area contributed by atoms with Gasteiger partial charge in [-0.05, 0) is 6.07 Å². The first kappa shape index (κ1) is 8.32. The maximum Gasteiger partial charge on any atom is 0.316 e. The number of anilines is 1. The molecule has 1 aromatic heterocycles. The van der Waals surface area contributed by atoms with Crippen molar-refractivity contribution in [1.82, 2.24) is 4.57 Å². The molecule has 0 aliphatic heterocycles. The van der Waals surface area contributed by atoms with Gasteiger partial charge in [-0.15, -0.1) is 0 Å². The lowest BCUT2D eigenvalue weighted by molar-refractivity contribution is 0.259. The van der Waals surface area contributed by atoms with Crippen molar-refractivity contribution in [2.45, 2.75) is 0 Å². The Kier molecular flexibility index (Phi) is 2.14. The van der Waals surface area contributed by atoms with Gasteiger partial charge in [-0.1, -0.05) is 0 Å². The molecule has 0 atom stereocenters. The topological polar surface area (TPSA) is 77.1 Å². The van der Waals surface area contributed by atoms with Gasteiger partial charge in [0.15, 0.2) is 0 Å². The van der Waals surface area contributed by atoms with Crippen LogP contribution in [0.3, 0.4) is 0 Å². The molecule has 1 aromatic rings. The molecule has 0 radical (unpaired) electrons. The number of pyridine rings is 1. The second kappa shape index (κ2) is 3.08. The van der Waals surface area contributed by atoms with Crippen LogP contribution in [0.4, 0.5) is 10.5 Å². The number of amides is 2. The summed E-state index contributed by atoms with van der Waals surface area (Å²) in [5.74, 6) is 0. The van der Waals surface area contributed by atoms with E-state index < -0.39 is 6.03 Å². The lowest BCUT2D eigenvalue weighted by Gasteiger charge is -2.02. The van der Waals surface area contributed by atoms with E-state index in [0.717, 1.165) is 0 Å². The zero-order valence-electron chi connectivity index (χ0n) is 6.57. The number of rotatable bonds is 1. The van der Waals surface area contributed by atoms with Gasteiger partial charge in [-0.25, -0.2) is 4.79 Å². The number of hydrogen-bond acceptors (Lipinski definition) is 2. The first-order chi connectivity index (χ1) is 5.59. The van der Waals surface area contributed by atoms with Crippen molar-refractivity contribution in [1.29, 1.82) is 0 Å². The molecule has 0 aliphatic carbocycles. The van der Waals surface area contributed by atoms with Gasteiger partial charge in [-0.3, -0.25) is 4.79 Å². The quantitative estimate of drug-likeness (QED) is 0.611. The van der Waals surface area contributed by atoms with Crippen molar-refractivity contribution in [3.05, 3.63) is 28.7 Å². The molecule has 3 N–H and O–H groups in total. The molecule has 0 aromatic carbocycles. The van der Waals surface area contributed by atoms with Crippen molar-refractivity contribution in [3.8, 4) is 0 Å². The molecule has 1 rings (SSSR count). The van der Waals surface area contributed by atoms with Crippen molar-refractivity contribution in [2.75, 3.05) is 5.32 Å². The molecule has 12 heavy (non-hydrogen) atoms. The Bertz CT molecular complexity index is 356. The van der Waals surface area contributed by atoms with Crippen LogP contribution >= 0.6 is 0 Å². The van der Waals surface area contributed by atoms with E-state index in [2.05, 4.69) is 5.32 Å². The van der Waals surface area contributed by atoms with Gasteiger partial charge in [0.2, 0.25) is 5.56 Å². The summed E-state index contributed by atoms with van der Waals surface area (Å²) in [6.07, 6.45) is 1.49. The van der Waals surface area contributed by atoms with Crippen molar-refractivity contribution in [3.63, 3.8) is 0 Å². The molecule has 0 spiro atoms. The van der Waals surface area contributed by atoms with E-state index >= 15 is 0 Å². The van der Waals surface area contributed by atoms with Gasteiger partial charge in [0.25, 0.3) is 0 Å². The van der Waals surface area contributed by atoms with Gasteiger partial charge in [0.1, 0.15) is 0 Å². The Morgan fingerprint density at radius 1 is 1.58 bits per heavy atom. The summed E-state index contributed by atoms with van der Waals surface area (Å²) in [4.78, 5) is 21.3. The fraction of sp³-hybridized carbons (Fsp3) is 0.143. The summed E-state index contributed by atoms with van der Waals surface area (Å²) >= 11 is 0. The minimum atomic E-state index is -0.645. The summed E-state index contributed by atoms with van der Waals surface area (Å²) in [5, 5.41) is 2.35. The van der Waals surface area contributed by atoms with Crippen LogP contribution in [0.5, 0.6) is 0 Å². The fourth-order valence-corrected chi connectivity index (χ4v) is 0.810. The van der Waals surface area contributed by atoms with Gasteiger partial charge < -0.3 is 15.6 Å². The molecule has 0 bridgehead atoms. The monoisotopic (exact) mass is 167 g/mol. The smallest absolute Gasteiger partial charge is 0.316 e. The number of nitrogens with two attached hydrogens (primary N) is 1. The lowest BCUT2D eigenvalue weighted by atomic mass is 10.4. The second-order valence-corrected chi connectivity index (χ2v) is 2.36. The minimum absolute atomic E-state index is 0.134. The molecule has 0 aliphatic rings. The number of nitrogens with one attached hydrogen (secondary N) is 1. The van der Waals surface area contributed by atoms with Gasteiger partial charge >= 0.3 is 6.03 Å². The first-order valence-electron chi connectivity index (χ1n) is 3.33. The number of carbonyl (C=O) groups excluding carboxylic acids is 1. The molecule has 0 saturated heterocycles. The second-order valence-electron chi connectivity index (χ2n) is 2.36. The Morgan fingerprint density at radius 2 is 2.25 bits per heavy atom. The fourth-order valence-electron chi connectivity index (χ4n) is 0.810. The predicted octanol–water partition coefficient (Wildman–Crippen LogP) is -0.124. The summed E-state index contributed by atoms with van der Waals surface area (Å²) in [7, 11) is 1.59. The summed E-state index contributed by atoms with van der Waals surface area (Å²) in [6, 6.07) is 2.20. The van der Waals surface area contributed by atoms with E-state index in [0.29, 0.717) is 5.69 Å². The minimum Gasteiger partial charge on any atom is -0.351 e. The SMILES string of the molecule is Cn1cc(NC(N)=O)ccc1=O. The third kappa shape index (κ3) is 1.85. The molecule has 64 valence electrons. The van der Waals surface area contributed by atoms with Crippen LogP contribution in [0.25, 0.3) is 0 Å². The average molecular weight is 167 g/mol. The molecule has 5 heteroatoms. The Labute approximate surface area is 68.8 Å². The Morgan fingerprint density at radius 3 is 2.75 bits per heavy atom. The van der Waals surface area contributed by atoms with E-state index in [1.165, 1.54) is 22.9 Å². The average Bonchev–Trinajstić information content (AvgIpc) is 1.96. The van der Waals surface area contributed by atoms with Crippen LogP contribution in [0.1, 0.15) is 0 Å². The number of hydrogen-bond donors (Lipinski definition) is 2. The highest BCUT2D eigenvalue weighted by atomic mass is 16.2. The highest BCUT2D eigenvalue weighted by molar-refractivity contribution is 5.87. The molecular weight excluding hydrogens is 158 g/mol. The maximum absolute atomic E-state index is 10.9. The highest BCUT2D eigenvalue weighted by Gasteiger charge is 1.96.